The molecular weight excluding hydrogens is 981 g/mol. The molecule has 8 aromatic rings. The molecule has 0 radical (unpaired) electrons. The van der Waals surface area contributed by atoms with E-state index >= 15 is 0 Å². The van der Waals surface area contributed by atoms with Crippen LogP contribution >= 0.6 is 0 Å². The van der Waals surface area contributed by atoms with Gasteiger partial charge in [-0.25, -0.2) is 0 Å². The van der Waals surface area contributed by atoms with Gasteiger partial charge in [0.25, 0.3) is 0 Å². The Morgan fingerprint density at radius 3 is 1.25 bits per heavy atom. The molecule has 10 rings (SSSR count). The molecule has 2 atom stereocenters. The molecule has 2 saturated heterocycles. The third kappa shape index (κ3) is 16.6. The first kappa shape index (κ1) is 63.2. The van der Waals surface area contributed by atoms with Gasteiger partial charge in [0.05, 0.1) is 46.7 Å². The average Bonchev–Trinajstić information content (AvgIpc) is 4.07. The van der Waals surface area contributed by atoms with Crippen LogP contribution in [0.2, 0.25) is 0 Å². The van der Waals surface area contributed by atoms with Crippen LogP contribution in [0.1, 0.15) is 133 Å². The van der Waals surface area contributed by atoms with Crippen molar-refractivity contribution in [1.29, 1.82) is 0 Å². The summed E-state index contributed by atoms with van der Waals surface area (Å²) in [5, 5.41) is 25.3. The molecule has 416 valence electrons. The number of nitrogens with zero attached hydrogens (tertiary/aromatic N) is 2. The molecule has 2 unspecified atom stereocenters. The number of aromatic nitrogens is 2. The summed E-state index contributed by atoms with van der Waals surface area (Å²) in [6, 6.07) is 36.5. The van der Waals surface area contributed by atoms with Gasteiger partial charge in [-0.1, -0.05) is 72.0 Å². The summed E-state index contributed by atoms with van der Waals surface area (Å²) in [6.45, 7) is 31.5. The van der Waals surface area contributed by atoms with E-state index in [0.29, 0.717) is 17.8 Å². The van der Waals surface area contributed by atoms with E-state index < -0.39 is 20.7 Å². The van der Waals surface area contributed by atoms with E-state index in [0.717, 1.165) is 96.0 Å². The van der Waals surface area contributed by atoms with Crippen molar-refractivity contribution in [2.75, 3.05) is 13.2 Å². The molecule has 0 spiro atoms. The summed E-state index contributed by atoms with van der Waals surface area (Å²) in [6.07, 6.45) is 8.08. The van der Waals surface area contributed by atoms with Crippen molar-refractivity contribution >= 4 is 63.5 Å². The number of benzene rings is 6. The molecular formula is C65H85B2LiN2O9. The van der Waals surface area contributed by atoms with E-state index in [-0.39, 0.29) is 43.5 Å². The van der Waals surface area contributed by atoms with Crippen molar-refractivity contribution in [2.45, 2.75) is 172 Å². The number of aryl methyl sites for hydroxylation is 6. The first-order valence-corrected chi connectivity index (χ1v) is 28.3. The molecule has 6 aromatic carbocycles. The monoisotopic (exact) mass is 1070 g/mol. The topological polar surface area (TPSA) is 115 Å². The summed E-state index contributed by atoms with van der Waals surface area (Å²) >= 11 is 0. The molecule has 14 heteroatoms. The van der Waals surface area contributed by atoms with E-state index in [1.54, 1.807) is 6.07 Å². The summed E-state index contributed by atoms with van der Waals surface area (Å²) < 4.78 is 45.2. The van der Waals surface area contributed by atoms with Crippen LogP contribution in [0.3, 0.4) is 0 Å². The van der Waals surface area contributed by atoms with Crippen LogP contribution in [-0.2, 0) is 23.4 Å². The Balaban J connectivity index is 0.000000198. The van der Waals surface area contributed by atoms with Gasteiger partial charge in [-0.2, -0.15) is 6.42 Å². The molecule has 0 saturated carbocycles. The number of hydrogen-bond acceptors (Lipinski definition) is 9. The number of fused-ring (bicyclic) bond motifs is 6. The van der Waals surface area contributed by atoms with E-state index in [4.69, 9.17) is 32.9 Å². The minimum absolute atomic E-state index is 0. The summed E-state index contributed by atoms with van der Waals surface area (Å²) in [5.74, 6) is 1.33. The standard InChI is InChI=1S/C26H28BNO4.C26H27NO2.C9H21BO3.C4H9.Li/c1-16-7-9-22-19(12-16)20-13-17(2)8-10-23(20)28(22)24-15-18(3)14-21(27(29)30)26(24)32-25-6-4-5-11-31-25;1-17-7-10-22-20(14-17)21-15-18(2)8-11-23(21)27(22)24-16-19(3)9-12-25(24)29-26-6-4-5-13-28-26;1-7(2)11-10(12-8(3)4)13-9(5)6;1-3-4-2;/h7-10,12-15,25,29-30H,4-6,11H2,1-3H3;7-12,14-16,26H,4-6,13H2,1-3H3;7-9H,1-6H3;1,3-4H2,2H3;/q;;;-1;+1. The molecule has 2 fully saturated rings. The summed E-state index contributed by atoms with van der Waals surface area (Å²) in [7, 11) is -2.19. The van der Waals surface area contributed by atoms with Crippen molar-refractivity contribution < 1.29 is 61.8 Å². The van der Waals surface area contributed by atoms with Crippen molar-refractivity contribution in [3.05, 3.63) is 143 Å². The van der Waals surface area contributed by atoms with Crippen LogP contribution in [-0.4, -0.2) is 77.7 Å². The van der Waals surface area contributed by atoms with Gasteiger partial charge in [0.1, 0.15) is 11.5 Å². The van der Waals surface area contributed by atoms with E-state index in [1.165, 1.54) is 56.0 Å². The van der Waals surface area contributed by atoms with Crippen LogP contribution in [0.15, 0.2) is 103 Å². The van der Waals surface area contributed by atoms with Crippen LogP contribution in [0.5, 0.6) is 11.5 Å². The largest absolute Gasteiger partial charge is 1.00 e. The number of hydrogen-bond donors (Lipinski definition) is 2. The minimum Gasteiger partial charge on any atom is -0.463 e. The first-order valence-electron chi connectivity index (χ1n) is 28.3. The molecule has 2 aliphatic rings. The molecule has 2 aromatic heterocycles. The molecule has 11 nitrogen and oxygen atoms in total. The van der Waals surface area contributed by atoms with Gasteiger partial charge >= 0.3 is 33.3 Å². The Labute approximate surface area is 483 Å². The number of rotatable bonds is 14. The molecule has 79 heavy (non-hydrogen) atoms. The predicted molar refractivity (Wildman–Crippen MR) is 323 cm³/mol. The first-order chi connectivity index (χ1) is 37.3. The van der Waals surface area contributed by atoms with Gasteiger partial charge in [-0.15, -0.1) is 0 Å². The zero-order valence-electron chi connectivity index (χ0n) is 49.8. The fraction of sp³-hybridized carbons (Fsp3) is 0.431. The molecule has 0 bridgehead atoms. The van der Waals surface area contributed by atoms with E-state index in [9.17, 15) is 10.0 Å². The number of unbranched alkanes of at least 4 members (excludes halogenated alkanes) is 1. The molecule has 0 aliphatic carbocycles. The maximum absolute atomic E-state index is 10.2. The van der Waals surface area contributed by atoms with Crippen molar-refractivity contribution in [1.82, 2.24) is 9.13 Å². The zero-order chi connectivity index (χ0) is 56.2. The quantitative estimate of drug-likeness (QED) is 0.0811. The SMILES string of the molecule is CC(C)OB(OC(C)C)OC(C)C.Cc1cc(B(O)O)c(OC2CCCCO2)c(-n2c3ccc(C)cc3c3cc(C)ccc32)c1.Cc1ccc(OC2CCCCO2)c(-n2c3ccc(C)cc3c3cc(C)ccc32)c1.[CH2-]CCC.[Li+]. The fourth-order valence-corrected chi connectivity index (χ4v) is 9.83. The Kier molecular flexibility index (Phi) is 23.7. The second kappa shape index (κ2) is 29.6. The summed E-state index contributed by atoms with van der Waals surface area (Å²) in [5.41, 5.74) is 13.8. The summed E-state index contributed by atoms with van der Waals surface area (Å²) in [4.78, 5) is 0. The zero-order valence-corrected chi connectivity index (χ0v) is 49.8. The van der Waals surface area contributed by atoms with Gasteiger partial charge in [0, 0.05) is 58.2 Å². The maximum atomic E-state index is 10.2. The van der Waals surface area contributed by atoms with Gasteiger partial charge in [-0.05, 0) is 187 Å². The second-order valence-corrected chi connectivity index (χ2v) is 21.8. The van der Waals surface area contributed by atoms with E-state index in [1.807, 2.05) is 54.5 Å². The van der Waals surface area contributed by atoms with Crippen molar-refractivity contribution in [2.24, 2.45) is 0 Å². The third-order valence-electron chi connectivity index (χ3n) is 13.6. The average molecular weight is 1070 g/mol. The van der Waals surface area contributed by atoms with Gasteiger partial charge in [0.15, 0.2) is 12.6 Å². The minimum atomic E-state index is -1.65. The predicted octanol–water partition coefficient (Wildman–Crippen LogP) is 11.8. The Morgan fingerprint density at radius 2 is 0.886 bits per heavy atom. The number of ether oxygens (including phenoxy) is 4. The van der Waals surface area contributed by atoms with Crippen LogP contribution in [0.4, 0.5) is 0 Å². The van der Waals surface area contributed by atoms with E-state index in [2.05, 4.69) is 149 Å². The fourth-order valence-electron chi connectivity index (χ4n) is 9.83. The Bertz CT molecular complexity index is 3090. The van der Waals surface area contributed by atoms with Crippen molar-refractivity contribution in [3.63, 3.8) is 0 Å². The van der Waals surface area contributed by atoms with Gasteiger partial charge in [0.2, 0.25) is 0 Å². The second-order valence-electron chi connectivity index (χ2n) is 21.8. The van der Waals surface area contributed by atoms with Gasteiger partial charge in [-0.3, -0.25) is 0 Å². The smallest absolute Gasteiger partial charge is 0.463 e. The van der Waals surface area contributed by atoms with Gasteiger partial charge < -0.3 is 59.0 Å². The Hall–Kier alpha value is -5.03. The van der Waals surface area contributed by atoms with Crippen molar-refractivity contribution in [3.8, 4) is 22.9 Å². The van der Waals surface area contributed by atoms with Crippen LogP contribution in [0.25, 0.3) is 55.0 Å². The maximum Gasteiger partial charge on any atom is 1.00 e. The van der Waals surface area contributed by atoms with Crippen LogP contribution < -0.4 is 33.8 Å². The molecule has 2 aliphatic heterocycles. The molecule has 4 heterocycles. The molecule has 2 N–H and O–H groups in total. The van der Waals surface area contributed by atoms with Crippen LogP contribution in [0, 0.1) is 48.5 Å². The molecule has 0 amide bonds. The third-order valence-corrected chi connectivity index (χ3v) is 13.6. The normalized spacial score (nSPS) is 15.3. The Morgan fingerprint density at radius 1 is 0.519 bits per heavy atom.